The number of esters is 1. The second-order valence-electron chi connectivity index (χ2n) is 7.74. The average molecular weight is 503 g/mol. The second-order valence-corrected chi connectivity index (χ2v) is 8.75. The molecule has 9 heteroatoms. The van der Waals surface area contributed by atoms with Crippen molar-refractivity contribution in [3.05, 3.63) is 100.0 Å². The van der Waals surface area contributed by atoms with Crippen molar-refractivity contribution in [1.82, 2.24) is 4.90 Å². The molecular formula is C27H22N2O6S. The Labute approximate surface area is 211 Å². The summed E-state index contributed by atoms with van der Waals surface area (Å²) in [5.41, 5.74) is 2.78. The van der Waals surface area contributed by atoms with Gasteiger partial charge in [0.05, 0.1) is 28.8 Å². The largest absolute Gasteiger partial charge is 0.488 e. The molecule has 0 atom stereocenters. The summed E-state index contributed by atoms with van der Waals surface area (Å²) in [7, 11) is 2.98. The van der Waals surface area contributed by atoms with E-state index >= 15 is 0 Å². The van der Waals surface area contributed by atoms with Crippen LogP contribution in [0.5, 0.6) is 5.75 Å². The monoisotopic (exact) mass is 502 g/mol. The summed E-state index contributed by atoms with van der Waals surface area (Å²) in [5, 5.41) is 9.55. The van der Waals surface area contributed by atoms with Crippen LogP contribution < -0.4 is 4.74 Å². The molecule has 1 aliphatic rings. The highest BCUT2D eigenvalue weighted by Gasteiger charge is 2.30. The number of para-hydroxylation sites is 1. The average Bonchev–Trinajstić information content (AvgIpc) is 3.16. The zero-order valence-corrected chi connectivity index (χ0v) is 20.3. The van der Waals surface area contributed by atoms with Gasteiger partial charge < -0.3 is 14.6 Å². The summed E-state index contributed by atoms with van der Waals surface area (Å²) in [5.74, 6) is -1.01. The first-order valence-electron chi connectivity index (χ1n) is 10.8. The number of carboxylic acids is 1. The predicted octanol–water partition coefficient (Wildman–Crippen LogP) is 4.98. The minimum absolute atomic E-state index is 0.191. The van der Waals surface area contributed by atoms with E-state index in [-0.39, 0.29) is 18.1 Å². The summed E-state index contributed by atoms with van der Waals surface area (Å²) in [4.78, 5) is 42.0. The van der Waals surface area contributed by atoms with Crippen LogP contribution in [0.25, 0.3) is 6.08 Å². The van der Waals surface area contributed by atoms with Crippen LogP contribution in [0.2, 0.25) is 0 Å². The van der Waals surface area contributed by atoms with Crippen molar-refractivity contribution in [3.63, 3.8) is 0 Å². The number of carbonyl (C=O) groups excluding carboxylic acids is 2. The Bertz CT molecular complexity index is 1360. The van der Waals surface area contributed by atoms with Crippen molar-refractivity contribution in [3.8, 4) is 5.75 Å². The van der Waals surface area contributed by atoms with Crippen molar-refractivity contribution >= 4 is 46.5 Å². The first kappa shape index (κ1) is 24.7. The van der Waals surface area contributed by atoms with E-state index in [1.54, 1.807) is 49.5 Å². The topological polar surface area (TPSA) is 106 Å². The van der Waals surface area contributed by atoms with Gasteiger partial charge in [-0.25, -0.2) is 14.6 Å². The molecule has 1 saturated heterocycles. The summed E-state index contributed by atoms with van der Waals surface area (Å²) in [6.07, 6.45) is 1.76. The number of hydrogen-bond acceptors (Lipinski definition) is 7. The standard InChI is InChI=1S/C27H22N2O6S/c1-29-24(30)23(36-27(29)28-21-13-11-19(12-14-21)26(33)34-2)15-20-5-3-4-6-22(20)35-16-17-7-9-18(10-8-17)25(31)32/h3-15H,16H2,1-2H3,(H,31,32)/b23-15-,28-27?. The van der Waals surface area contributed by atoms with Gasteiger partial charge in [-0.15, -0.1) is 0 Å². The first-order valence-corrected chi connectivity index (χ1v) is 11.7. The van der Waals surface area contributed by atoms with E-state index in [0.29, 0.717) is 27.1 Å². The van der Waals surface area contributed by atoms with Gasteiger partial charge in [0.15, 0.2) is 5.17 Å². The molecule has 0 bridgehead atoms. The lowest BCUT2D eigenvalue weighted by molar-refractivity contribution is -0.121. The molecule has 0 unspecified atom stereocenters. The van der Waals surface area contributed by atoms with Gasteiger partial charge in [0.2, 0.25) is 0 Å². The van der Waals surface area contributed by atoms with Gasteiger partial charge in [-0.1, -0.05) is 30.3 Å². The lowest BCUT2D eigenvalue weighted by Gasteiger charge is -2.10. The van der Waals surface area contributed by atoms with Crippen molar-refractivity contribution in [2.75, 3.05) is 14.2 Å². The third-order valence-corrected chi connectivity index (χ3v) is 6.38. The predicted molar refractivity (Wildman–Crippen MR) is 137 cm³/mol. The number of carboxylic acid groups (broad SMARTS) is 1. The Morgan fingerprint density at radius 3 is 2.33 bits per heavy atom. The molecule has 0 spiro atoms. The number of carbonyl (C=O) groups is 3. The fraction of sp³-hybridized carbons (Fsp3) is 0.111. The van der Waals surface area contributed by atoms with Gasteiger partial charge in [0.25, 0.3) is 5.91 Å². The van der Waals surface area contributed by atoms with E-state index in [1.165, 1.54) is 35.9 Å². The lowest BCUT2D eigenvalue weighted by Crippen LogP contribution is -2.23. The smallest absolute Gasteiger partial charge is 0.337 e. The number of likely N-dealkylation sites (N-methyl/N-ethyl adjacent to an activating group) is 1. The minimum atomic E-state index is -0.982. The molecule has 8 nitrogen and oxygen atoms in total. The van der Waals surface area contributed by atoms with Crippen LogP contribution in [0.4, 0.5) is 5.69 Å². The lowest BCUT2D eigenvalue weighted by atomic mass is 10.1. The fourth-order valence-electron chi connectivity index (χ4n) is 3.33. The number of ether oxygens (including phenoxy) is 2. The van der Waals surface area contributed by atoms with Gasteiger partial charge in [-0.3, -0.25) is 9.69 Å². The maximum Gasteiger partial charge on any atom is 0.337 e. The van der Waals surface area contributed by atoms with E-state index in [1.807, 2.05) is 24.3 Å². The molecule has 182 valence electrons. The molecule has 0 saturated carbocycles. The molecule has 1 N–H and O–H groups in total. The van der Waals surface area contributed by atoms with Crippen LogP contribution in [0.3, 0.4) is 0 Å². The highest BCUT2D eigenvalue weighted by atomic mass is 32.2. The van der Waals surface area contributed by atoms with Crippen LogP contribution in [0, 0.1) is 0 Å². The molecule has 1 aliphatic heterocycles. The van der Waals surface area contributed by atoms with Gasteiger partial charge in [-0.05, 0) is 65.9 Å². The van der Waals surface area contributed by atoms with Gasteiger partial charge in [0, 0.05) is 12.6 Å². The van der Waals surface area contributed by atoms with Crippen molar-refractivity contribution in [2.24, 2.45) is 4.99 Å². The van der Waals surface area contributed by atoms with Crippen molar-refractivity contribution in [2.45, 2.75) is 6.61 Å². The van der Waals surface area contributed by atoms with E-state index < -0.39 is 11.9 Å². The molecular weight excluding hydrogens is 480 g/mol. The molecule has 1 heterocycles. The number of amides is 1. The Balaban J connectivity index is 1.51. The van der Waals surface area contributed by atoms with Crippen molar-refractivity contribution in [1.29, 1.82) is 0 Å². The van der Waals surface area contributed by atoms with Crippen LogP contribution in [-0.2, 0) is 16.1 Å². The number of hydrogen-bond donors (Lipinski definition) is 1. The zero-order chi connectivity index (χ0) is 25.7. The molecule has 0 radical (unpaired) electrons. The number of aromatic carboxylic acids is 1. The van der Waals surface area contributed by atoms with E-state index in [4.69, 9.17) is 14.6 Å². The molecule has 1 amide bonds. The quantitative estimate of drug-likeness (QED) is 0.359. The Kier molecular flexibility index (Phi) is 7.50. The van der Waals surface area contributed by atoms with Crippen molar-refractivity contribution < 1.29 is 29.0 Å². The van der Waals surface area contributed by atoms with E-state index in [2.05, 4.69) is 4.99 Å². The molecule has 36 heavy (non-hydrogen) atoms. The maximum atomic E-state index is 12.9. The van der Waals surface area contributed by atoms with Gasteiger partial charge in [0.1, 0.15) is 12.4 Å². The summed E-state index contributed by atoms with van der Waals surface area (Å²) >= 11 is 1.24. The summed E-state index contributed by atoms with van der Waals surface area (Å²) in [6.45, 7) is 0.245. The highest BCUT2D eigenvalue weighted by Crippen LogP contribution is 2.35. The number of aliphatic imine (C=N–C) groups is 1. The molecule has 1 fully saturated rings. The fourth-order valence-corrected chi connectivity index (χ4v) is 4.31. The second kappa shape index (κ2) is 10.9. The van der Waals surface area contributed by atoms with Gasteiger partial charge >= 0.3 is 11.9 Å². The molecule has 0 aliphatic carbocycles. The third kappa shape index (κ3) is 5.64. The molecule has 4 rings (SSSR count). The number of thioether (sulfide) groups is 1. The van der Waals surface area contributed by atoms with Crippen LogP contribution in [0.1, 0.15) is 31.8 Å². The SMILES string of the molecule is COC(=O)c1ccc(N=C2S/C(=C\c3ccccc3OCc3ccc(C(=O)O)cc3)C(=O)N2C)cc1. The number of amidine groups is 1. The number of benzene rings is 3. The minimum Gasteiger partial charge on any atom is -0.488 e. The van der Waals surface area contributed by atoms with Crippen LogP contribution in [0.15, 0.2) is 82.7 Å². The zero-order valence-electron chi connectivity index (χ0n) is 19.5. The van der Waals surface area contributed by atoms with Crippen LogP contribution >= 0.6 is 11.8 Å². The number of methoxy groups -OCH3 is 1. The summed E-state index contributed by atoms with van der Waals surface area (Å²) < 4.78 is 10.7. The highest BCUT2D eigenvalue weighted by molar-refractivity contribution is 8.18. The molecule has 3 aromatic rings. The van der Waals surface area contributed by atoms with E-state index in [0.717, 1.165) is 11.1 Å². The molecule has 0 aromatic heterocycles. The van der Waals surface area contributed by atoms with Gasteiger partial charge in [-0.2, -0.15) is 0 Å². The number of nitrogens with zero attached hydrogens (tertiary/aromatic N) is 2. The number of rotatable bonds is 7. The van der Waals surface area contributed by atoms with E-state index in [9.17, 15) is 14.4 Å². The van der Waals surface area contributed by atoms with Crippen LogP contribution in [-0.4, -0.2) is 47.2 Å². The Morgan fingerprint density at radius 2 is 1.67 bits per heavy atom. The maximum absolute atomic E-state index is 12.9. The first-order chi connectivity index (χ1) is 17.4. The Morgan fingerprint density at radius 1 is 1.00 bits per heavy atom. The Hall–Kier alpha value is -4.37. The molecule has 3 aromatic carbocycles. The normalized spacial score (nSPS) is 15.4. The third-order valence-electron chi connectivity index (χ3n) is 5.32. The summed E-state index contributed by atoms with van der Waals surface area (Å²) in [6, 6.07) is 20.4.